The molecule has 0 bridgehead atoms. The molecule has 1 N–H and O–H groups in total. The van der Waals surface area contributed by atoms with Gasteiger partial charge in [-0.2, -0.15) is 0 Å². The maximum atomic E-state index is 8.65. The molecule has 0 heterocycles. The number of nitrogens with zero attached hydrogens (tertiary/aromatic N) is 3. The van der Waals surface area contributed by atoms with E-state index in [1.807, 2.05) is 0 Å². The van der Waals surface area contributed by atoms with E-state index in [1.54, 1.807) is 0 Å². The van der Waals surface area contributed by atoms with Crippen LogP contribution in [0.3, 0.4) is 0 Å². The highest BCUT2D eigenvalue weighted by Crippen LogP contribution is 2.47. The molecule has 4 heteroatoms. The number of aryl methyl sites for hydroxylation is 2. The van der Waals surface area contributed by atoms with Crippen molar-refractivity contribution in [1.82, 2.24) is 0 Å². The van der Waals surface area contributed by atoms with Gasteiger partial charge in [0.05, 0.1) is 6.54 Å². The van der Waals surface area contributed by atoms with Gasteiger partial charge < -0.3 is 5.41 Å². The maximum Gasteiger partial charge on any atom is 0.0513 e. The van der Waals surface area contributed by atoms with Crippen LogP contribution in [-0.2, 0) is 12.0 Å². The van der Waals surface area contributed by atoms with Crippen LogP contribution >= 0.6 is 0 Å². The normalized spacial score (nSPS) is 15.6. The SMILES string of the molecule is Cc1ccc(C2(c3ccc(C)c(CN=[N+]=[N-])c3)CCCC2)cc1C=N. The number of rotatable bonds is 5. The monoisotopic (exact) mass is 332 g/mol. The molecule has 0 aromatic heterocycles. The summed E-state index contributed by atoms with van der Waals surface area (Å²) in [4.78, 5) is 2.91. The predicted octanol–water partition coefficient (Wildman–Crippen LogP) is 5.97. The molecule has 128 valence electrons. The number of hydrogen-bond donors (Lipinski definition) is 1. The lowest BCUT2D eigenvalue weighted by Crippen LogP contribution is -2.24. The zero-order valence-corrected chi connectivity index (χ0v) is 14.9. The van der Waals surface area contributed by atoms with Gasteiger partial charge in [0.1, 0.15) is 0 Å². The Morgan fingerprint density at radius 3 is 2.36 bits per heavy atom. The first-order valence-corrected chi connectivity index (χ1v) is 8.83. The smallest absolute Gasteiger partial charge is 0.0513 e. The zero-order chi connectivity index (χ0) is 17.9. The molecule has 0 saturated heterocycles. The van der Waals surface area contributed by atoms with Gasteiger partial charge in [0.15, 0.2) is 0 Å². The van der Waals surface area contributed by atoms with Crippen molar-refractivity contribution in [2.24, 2.45) is 5.11 Å². The molecule has 1 saturated carbocycles. The summed E-state index contributed by atoms with van der Waals surface area (Å²) in [6.07, 6.45) is 6.12. The third kappa shape index (κ3) is 3.18. The Labute approximate surface area is 149 Å². The van der Waals surface area contributed by atoms with E-state index in [0.717, 1.165) is 35.1 Å². The summed E-state index contributed by atoms with van der Waals surface area (Å²) in [7, 11) is 0. The second-order valence-electron chi connectivity index (χ2n) is 7.04. The van der Waals surface area contributed by atoms with Crippen LogP contribution in [-0.4, -0.2) is 6.21 Å². The molecule has 25 heavy (non-hydrogen) atoms. The maximum absolute atomic E-state index is 8.65. The van der Waals surface area contributed by atoms with Crippen LogP contribution in [0.1, 0.15) is 59.1 Å². The molecular weight excluding hydrogens is 308 g/mol. The lowest BCUT2D eigenvalue weighted by Gasteiger charge is -2.32. The van der Waals surface area contributed by atoms with Crippen molar-refractivity contribution < 1.29 is 0 Å². The Morgan fingerprint density at radius 1 is 1.08 bits per heavy atom. The second kappa shape index (κ2) is 7.12. The van der Waals surface area contributed by atoms with Gasteiger partial charge in [0.25, 0.3) is 0 Å². The average molecular weight is 332 g/mol. The third-order valence-electron chi connectivity index (χ3n) is 5.65. The van der Waals surface area contributed by atoms with Crippen LogP contribution in [0.25, 0.3) is 10.4 Å². The van der Waals surface area contributed by atoms with Crippen LogP contribution in [0.5, 0.6) is 0 Å². The highest BCUT2D eigenvalue weighted by Gasteiger charge is 2.37. The minimum absolute atomic E-state index is 0.00423. The molecule has 0 amide bonds. The van der Waals surface area contributed by atoms with Crippen molar-refractivity contribution in [3.63, 3.8) is 0 Å². The van der Waals surface area contributed by atoms with E-state index >= 15 is 0 Å². The molecule has 0 radical (unpaired) electrons. The van der Waals surface area contributed by atoms with Gasteiger partial charge in [0, 0.05) is 16.5 Å². The van der Waals surface area contributed by atoms with E-state index in [2.05, 4.69) is 60.3 Å². The van der Waals surface area contributed by atoms with Crippen LogP contribution in [0, 0.1) is 19.3 Å². The largest absolute Gasteiger partial charge is 0.308 e. The van der Waals surface area contributed by atoms with E-state index < -0.39 is 0 Å². The van der Waals surface area contributed by atoms with Crippen LogP contribution in [0.2, 0.25) is 0 Å². The molecule has 3 rings (SSSR count). The highest BCUT2D eigenvalue weighted by molar-refractivity contribution is 5.79. The quantitative estimate of drug-likeness (QED) is 0.303. The van der Waals surface area contributed by atoms with Crippen molar-refractivity contribution >= 4 is 6.21 Å². The van der Waals surface area contributed by atoms with Gasteiger partial charge in [0.2, 0.25) is 0 Å². The Balaban J connectivity index is 2.12. The predicted molar refractivity (Wildman–Crippen MR) is 102 cm³/mol. The minimum Gasteiger partial charge on any atom is -0.308 e. The van der Waals surface area contributed by atoms with Gasteiger partial charge in [-0.05, 0) is 71.7 Å². The topological polar surface area (TPSA) is 72.6 Å². The molecule has 0 spiro atoms. The summed E-state index contributed by atoms with van der Waals surface area (Å²) < 4.78 is 0. The standard InChI is InChI=1S/C21H24N4/c1-15-5-7-19(11-17(15)13-22)21(9-3-4-10-21)20-8-6-16(2)18(12-20)14-24-25-23/h5-8,11-13,22H,3-4,9-10,14H2,1-2H3. The van der Waals surface area contributed by atoms with Crippen molar-refractivity contribution in [3.8, 4) is 0 Å². The zero-order valence-electron chi connectivity index (χ0n) is 14.9. The van der Waals surface area contributed by atoms with Gasteiger partial charge in [-0.3, -0.25) is 0 Å². The van der Waals surface area contributed by atoms with Crippen molar-refractivity contribution in [3.05, 3.63) is 80.2 Å². The third-order valence-corrected chi connectivity index (χ3v) is 5.65. The summed E-state index contributed by atoms with van der Waals surface area (Å²) in [5.74, 6) is 0. The fraction of sp³-hybridized carbons (Fsp3) is 0.381. The van der Waals surface area contributed by atoms with E-state index in [1.165, 1.54) is 30.2 Å². The first kappa shape index (κ1) is 17.2. The average Bonchev–Trinajstić information content (AvgIpc) is 3.12. The molecule has 2 aromatic rings. The number of benzene rings is 2. The van der Waals surface area contributed by atoms with Crippen LogP contribution in [0.4, 0.5) is 0 Å². The van der Waals surface area contributed by atoms with Gasteiger partial charge in [-0.15, -0.1) is 0 Å². The van der Waals surface area contributed by atoms with Crippen molar-refractivity contribution in [2.75, 3.05) is 0 Å². The summed E-state index contributed by atoms with van der Waals surface area (Å²) in [6.45, 7) is 4.51. The Hall–Kier alpha value is -2.58. The van der Waals surface area contributed by atoms with Crippen LogP contribution in [0.15, 0.2) is 41.5 Å². The van der Waals surface area contributed by atoms with Gasteiger partial charge in [-0.25, -0.2) is 0 Å². The van der Waals surface area contributed by atoms with Crippen LogP contribution < -0.4 is 0 Å². The highest BCUT2D eigenvalue weighted by atomic mass is 15.1. The summed E-state index contributed by atoms with van der Waals surface area (Å²) in [5, 5.41) is 11.4. The molecule has 4 nitrogen and oxygen atoms in total. The molecule has 1 aliphatic rings. The number of nitrogens with one attached hydrogen (secondary N) is 1. The molecule has 0 unspecified atom stereocenters. The van der Waals surface area contributed by atoms with E-state index in [4.69, 9.17) is 10.9 Å². The summed E-state index contributed by atoms with van der Waals surface area (Å²) in [5.41, 5.74) is 15.6. The fourth-order valence-corrected chi connectivity index (χ4v) is 4.06. The first-order chi connectivity index (χ1) is 12.1. The summed E-state index contributed by atoms with van der Waals surface area (Å²) >= 11 is 0. The second-order valence-corrected chi connectivity index (χ2v) is 7.04. The molecule has 0 atom stereocenters. The minimum atomic E-state index is 0.00423. The number of azide groups is 1. The summed E-state index contributed by atoms with van der Waals surface area (Å²) in [6, 6.07) is 13.1. The molecule has 1 fully saturated rings. The molecule has 2 aromatic carbocycles. The Kier molecular flexibility index (Phi) is 4.91. The molecule has 1 aliphatic carbocycles. The lowest BCUT2D eigenvalue weighted by molar-refractivity contribution is 0.534. The van der Waals surface area contributed by atoms with E-state index in [9.17, 15) is 0 Å². The fourth-order valence-electron chi connectivity index (χ4n) is 4.06. The lowest BCUT2D eigenvalue weighted by atomic mass is 9.72. The number of hydrogen-bond acceptors (Lipinski definition) is 2. The van der Waals surface area contributed by atoms with E-state index in [0.29, 0.717) is 6.54 Å². The van der Waals surface area contributed by atoms with E-state index in [-0.39, 0.29) is 5.41 Å². The Morgan fingerprint density at radius 2 is 1.72 bits per heavy atom. The first-order valence-electron chi connectivity index (χ1n) is 8.83. The van der Waals surface area contributed by atoms with Gasteiger partial charge >= 0.3 is 0 Å². The molecular formula is C21H24N4. The molecule has 0 aliphatic heterocycles. The van der Waals surface area contributed by atoms with Gasteiger partial charge in [-0.1, -0.05) is 48.3 Å². The van der Waals surface area contributed by atoms with Crippen molar-refractivity contribution in [1.29, 1.82) is 5.41 Å². The van der Waals surface area contributed by atoms with Crippen molar-refractivity contribution in [2.45, 2.75) is 51.5 Å². The Bertz CT molecular complexity index is 841.